The van der Waals surface area contributed by atoms with Gasteiger partial charge in [0.15, 0.2) is 0 Å². The van der Waals surface area contributed by atoms with Crippen LogP contribution in [0.15, 0.2) is 29.4 Å². The highest BCUT2D eigenvalue weighted by molar-refractivity contribution is 7.08. The van der Waals surface area contributed by atoms with E-state index in [0.29, 0.717) is 16.8 Å². The van der Waals surface area contributed by atoms with E-state index in [1.165, 1.54) is 0 Å². The molecule has 0 spiro atoms. The third-order valence-corrected chi connectivity index (χ3v) is 3.29. The molecule has 2 heterocycles. The molecule has 0 amide bonds. The number of pyridine rings is 1. The molecule has 19 heavy (non-hydrogen) atoms. The van der Waals surface area contributed by atoms with Gasteiger partial charge in [0.1, 0.15) is 10.4 Å². The molecule has 0 saturated heterocycles. The lowest BCUT2D eigenvalue weighted by molar-refractivity contribution is 0.0957. The second-order valence-corrected chi connectivity index (χ2v) is 5.11. The number of rotatable bonds is 3. The van der Waals surface area contributed by atoms with Gasteiger partial charge in [-0.1, -0.05) is 17.5 Å². The van der Waals surface area contributed by atoms with Crippen molar-refractivity contribution >= 4 is 17.4 Å². The fourth-order valence-electron chi connectivity index (χ4n) is 1.69. The van der Waals surface area contributed by atoms with Gasteiger partial charge >= 0.3 is 0 Å². The fraction of sp³-hybridized carbons (Fsp3) is 0.385. The summed E-state index contributed by atoms with van der Waals surface area (Å²) in [5.74, 6) is -0.119. The zero-order chi connectivity index (χ0) is 13.8. The predicted octanol–water partition coefficient (Wildman–Crippen LogP) is 1.90. The van der Waals surface area contributed by atoms with Gasteiger partial charge in [0.05, 0.1) is 5.69 Å². The Morgan fingerprint density at radius 1 is 1.47 bits per heavy atom. The van der Waals surface area contributed by atoms with E-state index in [1.54, 1.807) is 10.8 Å². The third kappa shape index (κ3) is 2.96. The zero-order valence-corrected chi connectivity index (χ0v) is 12.0. The molecule has 0 bridgehead atoms. The molecule has 0 aliphatic rings. The molecule has 2 rings (SSSR count). The van der Waals surface area contributed by atoms with E-state index in [-0.39, 0.29) is 11.9 Å². The quantitative estimate of drug-likeness (QED) is 0.860. The highest BCUT2D eigenvalue weighted by Gasteiger charge is 2.16. The molecular formula is C13H16N4OS. The molecule has 0 unspecified atom stereocenters. The first-order chi connectivity index (χ1) is 9.13. The summed E-state index contributed by atoms with van der Waals surface area (Å²) in [5, 5.41) is 3.98. The lowest BCUT2D eigenvalue weighted by atomic mass is 10.3. The number of nitrogens with zero attached hydrogens (tertiary/aromatic N) is 4. The Kier molecular flexibility index (Phi) is 4.21. The van der Waals surface area contributed by atoms with Crippen molar-refractivity contribution in [1.82, 2.24) is 14.2 Å². The van der Waals surface area contributed by atoms with Gasteiger partial charge in [0.2, 0.25) is 0 Å². The largest absolute Gasteiger partial charge is 0.277 e. The predicted molar refractivity (Wildman–Crippen MR) is 74.1 cm³/mol. The van der Waals surface area contributed by atoms with Crippen LogP contribution in [0.2, 0.25) is 0 Å². The standard InChI is InChI=1S/C13H16N4OS/c1-4-10-12(19-16-15-10)13(18)17-8-6-5-7-11(17)14-9(2)3/h5-9H,4H2,1-3H3. The number of aryl methyl sites for hydroxylation is 1. The molecule has 0 fully saturated rings. The molecule has 0 radical (unpaired) electrons. The second kappa shape index (κ2) is 5.88. The average molecular weight is 276 g/mol. The average Bonchev–Trinajstić information content (AvgIpc) is 2.86. The van der Waals surface area contributed by atoms with Gasteiger partial charge in [-0.25, -0.2) is 0 Å². The highest BCUT2D eigenvalue weighted by atomic mass is 32.1. The normalized spacial score (nSPS) is 12.1. The summed E-state index contributed by atoms with van der Waals surface area (Å²) in [6, 6.07) is 5.65. The van der Waals surface area contributed by atoms with E-state index in [2.05, 4.69) is 14.6 Å². The molecule has 0 aliphatic carbocycles. The van der Waals surface area contributed by atoms with Gasteiger partial charge in [0, 0.05) is 12.2 Å². The van der Waals surface area contributed by atoms with Crippen molar-refractivity contribution in [2.45, 2.75) is 33.2 Å². The lowest BCUT2D eigenvalue weighted by Gasteiger charge is -2.05. The summed E-state index contributed by atoms with van der Waals surface area (Å²) in [5.41, 5.74) is 1.39. The molecule has 6 heteroatoms. The van der Waals surface area contributed by atoms with Crippen LogP contribution in [0.3, 0.4) is 0 Å². The van der Waals surface area contributed by atoms with Crippen molar-refractivity contribution in [2.75, 3.05) is 0 Å². The Morgan fingerprint density at radius 2 is 2.26 bits per heavy atom. The Morgan fingerprint density at radius 3 is 2.95 bits per heavy atom. The minimum absolute atomic E-state index is 0.119. The maximum Gasteiger partial charge on any atom is 0.277 e. The maximum absolute atomic E-state index is 12.5. The van der Waals surface area contributed by atoms with Crippen molar-refractivity contribution in [2.24, 2.45) is 4.99 Å². The van der Waals surface area contributed by atoms with E-state index in [9.17, 15) is 4.79 Å². The Balaban J connectivity index is 2.51. The Labute approximate surface area is 115 Å². The van der Waals surface area contributed by atoms with E-state index in [1.807, 2.05) is 39.0 Å². The minimum Gasteiger partial charge on any atom is -0.267 e. The van der Waals surface area contributed by atoms with Gasteiger partial charge in [-0.05, 0) is 43.9 Å². The summed E-state index contributed by atoms with van der Waals surface area (Å²) in [7, 11) is 0. The van der Waals surface area contributed by atoms with Crippen LogP contribution in [-0.4, -0.2) is 26.1 Å². The molecule has 100 valence electrons. The molecule has 2 aromatic rings. The molecule has 0 aliphatic heterocycles. The van der Waals surface area contributed by atoms with Crippen molar-refractivity contribution in [3.05, 3.63) is 40.5 Å². The highest BCUT2D eigenvalue weighted by Crippen LogP contribution is 2.12. The Bertz CT molecular complexity index is 642. The van der Waals surface area contributed by atoms with Crippen molar-refractivity contribution in [1.29, 1.82) is 0 Å². The second-order valence-electron chi connectivity index (χ2n) is 4.36. The molecule has 0 aromatic carbocycles. The monoisotopic (exact) mass is 276 g/mol. The summed E-state index contributed by atoms with van der Waals surface area (Å²) >= 11 is 1.13. The number of hydrogen-bond acceptors (Lipinski definition) is 5. The fourth-order valence-corrected chi connectivity index (χ4v) is 2.38. The molecule has 0 atom stereocenters. The summed E-state index contributed by atoms with van der Waals surface area (Å²) in [4.78, 5) is 17.6. The van der Waals surface area contributed by atoms with E-state index in [4.69, 9.17) is 0 Å². The molecule has 0 N–H and O–H groups in total. The zero-order valence-electron chi connectivity index (χ0n) is 11.2. The number of carbonyl (C=O) groups is 1. The topological polar surface area (TPSA) is 60.1 Å². The van der Waals surface area contributed by atoms with Gasteiger partial charge in [-0.2, -0.15) is 0 Å². The van der Waals surface area contributed by atoms with Crippen molar-refractivity contribution in [3.8, 4) is 0 Å². The minimum atomic E-state index is -0.119. The number of carbonyl (C=O) groups excluding carboxylic acids is 1. The summed E-state index contributed by atoms with van der Waals surface area (Å²) < 4.78 is 5.41. The summed E-state index contributed by atoms with van der Waals surface area (Å²) in [6.07, 6.45) is 2.42. The first kappa shape index (κ1) is 13.6. The van der Waals surface area contributed by atoms with Crippen molar-refractivity contribution in [3.63, 3.8) is 0 Å². The summed E-state index contributed by atoms with van der Waals surface area (Å²) in [6.45, 7) is 5.92. The van der Waals surface area contributed by atoms with Crippen LogP contribution in [0.4, 0.5) is 0 Å². The van der Waals surface area contributed by atoms with Crippen LogP contribution in [0, 0.1) is 0 Å². The Hall–Kier alpha value is -1.82. The van der Waals surface area contributed by atoms with Gasteiger partial charge < -0.3 is 0 Å². The van der Waals surface area contributed by atoms with Gasteiger partial charge in [-0.15, -0.1) is 5.10 Å². The first-order valence-corrected chi connectivity index (χ1v) is 6.98. The van der Waals surface area contributed by atoms with Crippen LogP contribution < -0.4 is 5.49 Å². The van der Waals surface area contributed by atoms with Crippen LogP contribution in [-0.2, 0) is 6.42 Å². The maximum atomic E-state index is 12.5. The van der Waals surface area contributed by atoms with Crippen LogP contribution in [0.5, 0.6) is 0 Å². The molecule has 2 aromatic heterocycles. The number of hydrogen-bond donors (Lipinski definition) is 0. The van der Waals surface area contributed by atoms with Crippen LogP contribution in [0.1, 0.15) is 36.1 Å². The van der Waals surface area contributed by atoms with Gasteiger partial charge in [-0.3, -0.25) is 14.4 Å². The van der Waals surface area contributed by atoms with Crippen LogP contribution >= 0.6 is 11.5 Å². The SMILES string of the molecule is CCc1nnsc1C(=O)n1ccccc1=NC(C)C. The van der Waals surface area contributed by atoms with Crippen LogP contribution in [0.25, 0.3) is 0 Å². The first-order valence-electron chi connectivity index (χ1n) is 6.21. The van der Waals surface area contributed by atoms with E-state index >= 15 is 0 Å². The number of aromatic nitrogens is 3. The smallest absolute Gasteiger partial charge is 0.267 e. The van der Waals surface area contributed by atoms with E-state index in [0.717, 1.165) is 17.2 Å². The molecule has 5 nitrogen and oxygen atoms in total. The lowest BCUT2D eigenvalue weighted by Crippen LogP contribution is -2.28. The molecule has 0 saturated carbocycles. The van der Waals surface area contributed by atoms with E-state index < -0.39 is 0 Å². The molecular weight excluding hydrogens is 260 g/mol. The van der Waals surface area contributed by atoms with Crippen molar-refractivity contribution < 1.29 is 4.79 Å². The van der Waals surface area contributed by atoms with Gasteiger partial charge in [0.25, 0.3) is 5.91 Å². The third-order valence-electron chi connectivity index (χ3n) is 2.53.